The Bertz CT molecular complexity index is 442. The van der Waals surface area contributed by atoms with Gasteiger partial charge in [0.2, 0.25) is 0 Å². The van der Waals surface area contributed by atoms with E-state index < -0.39 is 0 Å². The molecule has 18 heavy (non-hydrogen) atoms. The van der Waals surface area contributed by atoms with Gasteiger partial charge in [0.05, 0.1) is 12.2 Å². The SMILES string of the molecule is CCOc1cc(C)c(Cl)c(C)c1C(=O)CCCCl. The summed E-state index contributed by atoms with van der Waals surface area (Å²) >= 11 is 11.8. The number of carbonyl (C=O) groups is 1. The van der Waals surface area contributed by atoms with Crippen LogP contribution in [-0.2, 0) is 0 Å². The van der Waals surface area contributed by atoms with Crippen molar-refractivity contribution in [2.24, 2.45) is 0 Å². The molecular weight excluding hydrogens is 271 g/mol. The standard InChI is InChI=1S/C14H18Cl2O2/c1-4-18-12-8-9(2)14(16)10(3)13(12)11(17)6-5-7-15/h8H,4-7H2,1-3H3. The van der Waals surface area contributed by atoms with Gasteiger partial charge in [-0.25, -0.2) is 0 Å². The van der Waals surface area contributed by atoms with E-state index >= 15 is 0 Å². The van der Waals surface area contributed by atoms with Crippen molar-refractivity contribution in [2.75, 3.05) is 12.5 Å². The van der Waals surface area contributed by atoms with E-state index in [4.69, 9.17) is 27.9 Å². The van der Waals surface area contributed by atoms with Crippen molar-refractivity contribution in [1.82, 2.24) is 0 Å². The van der Waals surface area contributed by atoms with E-state index in [0.29, 0.717) is 41.7 Å². The van der Waals surface area contributed by atoms with E-state index in [-0.39, 0.29) is 5.78 Å². The van der Waals surface area contributed by atoms with Crippen LogP contribution in [0.15, 0.2) is 6.07 Å². The summed E-state index contributed by atoms with van der Waals surface area (Å²) in [5, 5.41) is 0.632. The molecule has 0 saturated heterocycles. The predicted molar refractivity (Wildman–Crippen MR) is 76.4 cm³/mol. The average molecular weight is 289 g/mol. The zero-order valence-electron chi connectivity index (χ0n) is 11.0. The summed E-state index contributed by atoms with van der Waals surface area (Å²) in [7, 11) is 0. The molecule has 2 nitrogen and oxygen atoms in total. The zero-order chi connectivity index (χ0) is 13.7. The Morgan fingerprint density at radius 2 is 2.06 bits per heavy atom. The summed E-state index contributed by atoms with van der Waals surface area (Å²) in [4.78, 5) is 12.2. The van der Waals surface area contributed by atoms with Crippen LogP contribution in [0.5, 0.6) is 5.75 Å². The van der Waals surface area contributed by atoms with Gasteiger partial charge in [-0.15, -0.1) is 11.6 Å². The molecule has 1 aromatic rings. The second kappa shape index (κ2) is 7.01. The lowest BCUT2D eigenvalue weighted by Crippen LogP contribution is -2.08. The zero-order valence-corrected chi connectivity index (χ0v) is 12.5. The third-order valence-electron chi connectivity index (χ3n) is 2.76. The molecule has 1 rings (SSSR count). The average Bonchev–Trinajstić information content (AvgIpc) is 2.34. The Hall–Kier alpha value is -0.730. The van der Waals surface area contributed by atoms with E-state index in [0.717, 1.165) is 11.1 Å². The Morgan fingerprint density at radius 3 is 2.61 bits per heavy atom. The van der Waals surface area contributed by atoms with Crippen LogP contribution in [-0.4, -0.2) is 18.3 Å². The summed E-state index contributed by atoms with van der Waals surface area (Å²) in [6.45, 7) is 6.18. The maximum Gasteiger partial charge on any atom is 0.166 e. The van der Waals surface area contributed by atoms with Gasteiger partial charge >= 0.3 is 0 Å². The molecule has 0 aliphatic rings. The maximum atomic E-state index is 12.2. The van der Waals surface area contributed by atoms with E-state index in [9.17, 15) is 4.79 Å². The molecule has 0 fully saturated rings. The van der Waals surface area contributed by atoms with Crippen LogP contribution in [0.4, 0.5) is 0 Å². The molecule has 0 radical (unpaired) electrons. The van der Waals surface area contributed by atoms with Crippen molar-refractivity contribution in [3.8, 4) is 5.75 Å². The second-order valence-electron chi connectivity index (χ2n) is 4.15. The molecule has 0 saturated carbocycles. The molecule has 0 unspecified atom stereocenters. The first-order valence-corrected chi connectivity index (χ1v) is 6.95. The molecule has 1 aromatic carbocycles. The van der Waals surface area contributed by atoms with E-state index in [1.807, 2.05) is 26.8 Å². The van der Waals surface area contributed by atoms with Gasteiger partial charge in [-0.2, -0.15) is 0 Å². The Morgan fingerprint density at radius 1 is 1.39 bits per heavy atom. The molecule has 0 N–H and O–H groups in total. The fourth-order valence-corrected chi connectivity index (χ4v) is 2.17. The van der Waals surface area contributed by atoms with Gasteiger partial charge in [0.25, 0.3) is 0 Å². The number of carbonyl (C=O) groups excluding carboxylic acids is 1. The number of halogens is 2. The highest BCUT2D eigenvalue weighted by molar-refractivity contribution is 6.32. The van der Waals surface area contributed by atoms with Crippen LogP contribution >= 0.6 is 23.2 Å². The Kier molecular flexibility index (Phi) is 5.97. The molecule has 0 amide bonds. The summed E-state index contributed by atoms with van der Waals surface area (Å²) < 4.78 is 5.54. The molecule has 100 valence electrons. The first kappa shape index (κ1) is 15.3. The van der Waals surface area contributed by atoms with Crippen molar-refractivity contribution in [1.29, 1.82) is 0 Å². The lowest BCUT2D eigenvalue weighted by Gasteiger charge is -2.15. The third kappa shape index (κ3) is 3.39. The van der Waals surface area contributed by atoms with Gasteiger partial charge in [-0.05, 0) is 44.4 Å². The number of rotatable bonds is 6. The number of Topliss-reactive ketones (excluding diaryl/α,β-unsaturated/α-hetero) is 1. The van der Waals surface area contributed by atoms with E-state index in [2.05, 4.69) is 0 Å². The molecule has 0 heterocycles. The minimum absolute atomic E-state index is 0.0403. The summed E-state index contributed by atoms with van der Waals surface area (Å²) in [6.07, 6.45) is 1.08. The molecule has 0 bridgehead atoms. The number of ketones is 1. The lowest BCUT2D eigenvalue weighted by atomic mass is 9.98. The van der Waals surface area contributed by atoms with Crippen molar-refractivity contribution in [3.63, 3.8) is 0 Å². The number of hydrogen-bond donors (Lipinski definition) is 0. The summed E-state index contributed by atoms with van der Waals surface area (Å²) in [6, 6.07) is 1.83. The Balaban J connectivity index is 3.21. The van der Waals surface area contributed by atoms with Crippen LogP contribution in [0.25, 0.3) is 0 Å². The van der Waals surface area contributed by atoms with Crippen LogP contribution in [0.1, 0.15) is 41.3 Å². The monoisotopic (exact) mass is 288 g/mol. The number of aryl methyl sites for hydroxylation is 1. The van der Waals surface area contributed by atoms with Gasteiger partial charge < -0.3 is 4.74 Å². The molecule has 0 aliphatic heterocycles. The maximum absolute atomic E-state index is 12.2. The first-order valence-electron chi connectivity index (χ1n) is 6.04. The van der Waals surface area contributed by atoms with Gasteiger partial charge in [0, 0.05) is 17.3 Å². The number of benzene rings is 1. The van der Waals surface area contributed by atoms with Crippen molar-refractivity contribution in [3.05, 3.63) is 27.8 Å². The van der Waals surface area contributed by atoms with Gasteiger partial charge in [0.15, 0.2) is 5.78 Å². The third-order valence-corrected chi connectivity index (χ3v) is 3.61. The molecular formula is C14H18Cl2O2. The normalized spacial score (nSPS) is 10.5. The van der Waals surface area contributed by atoms with Crippen LogP contribution in [0, 0.1) is 13.8 Å². The molecule has 0 atom stereocenters. The first-order chi connectivity index (χ1) is 8.52. The topological polar surface area (TPSA) is 26.3 Å². The fraction of sp³-hybridized carbons (Fsp3) is 0.500. The minimum Gasteiger partial charge on any atom is -0.493 e. The summed E-state index contributed by atoms with van der Waals surface area (Å²) in [5.74, 6) is 1.14. The molecule has 0 spiro atoms. The van der Waals surface area contributed by atoms with Gasteiger partial charge in [0.1, 0.15) is 5.75 Å². The van der Waals surface area contributed by atoms with E-state index in [1.165, 1.54) is 0 Å². The second-order valence-corrected chi connectivity index (χ2v) is 4.91. The van der Waals surface area contributed by atoms with Crippen molar-refractivity contribution < 1.29 is 9.53 Å². The van der Waals surface area contributed by atoms with Gasteiger partial charge in [-0.3, -0.25) is 4.79 Å². The fourth-order valence-electron chi connectivity index (χ4n) is 1.89. The minimum atomic E-state index is 0.0403. The van der Waals surface area contributed by atoms with Crippen LogP contribution in [0.3, 0.4) is 0 Å². The highest BCUT2D eigenvalue weighted by Crippen LogP contribution is 2.32. The van der Waals surface area contributed by atoms with Crippen molar-refractivity contribution >= 4 is 29.0 Å². The number of ether oxygens (including phenoxy) is 1. The Labute approximate surface area is 118 Å². The number of alkyl halides is 1. The van der Waals surface area contributed by atoms with E-state index in [1.54, 1.807) is 0 Å². The quantitative estimate of drug-likeness (QED) is 0.567. The highest BCUT2D eigenvalue weighted by Gasteiger charge is 2.19. The number of hydrogen-bond acceptors (Lipinski definition) is 2. The predicted octanol–water partition coefficient (Wildman–Crippen LogP) is 4.56. The molecule has 0 aliphatic carbocycles. The van der Waals surface area contributed by atoms with Crippen molar-refractivity contribution in [2.45, 2.75) is 33.6 Å². The summed E-state index contributed by atoms with van der Waals surface area (Å²) in [5.41, 5.74) is 2.31. The van der Waals surface area contributed by atoms with Gasteiger partial charge in [-0.1, -0.05) is 11.6 Å². The van der Waals surface area contributed by atoms with Crippen LogP contribution < -0.4 is 4.74 Å². The van der Waals surface area contributed by atoms with Crippen LogP contribution in [0.2, 0.25) is 5.02 Å². The molecule has 4 heteroatoms. The largest absolute Gasteiger partial charge is 0.493 e. The lowest BCUT2D eigenvalue weighted by molar-refractivity contribution is 0.0977. The smallest absolute Gasteiger partial charge is 0.166 e. The molecule has 0 aromatic heterocycles. The highest BCUT2D eigenvalue weighted by atomic mass is 35.5.